The summed E-state index contributed by atoms with van der Waals surface area (Å²) in [5, 5.41) is 12.9. The van der Waals surface area contributed by atoms with E-state index in [0.717, 1.165) is 5.39 Å². The molecule has 1 unspecified atom stereocenters. The molecule has 2 aromatic carbocycles. The lowest BCUT2D eigenvalue weighted by Gasteiger charge is -2.26. The third-order valence-electron chi connectivity index (χ3n) is 4.46. The van der Waals surface area contributed by atoms with Gasteiger partial charge in [0.15, 0.2) is 11.5 Å². The number of carbonyl (C=O) groups is 2. The molecule has 1 amide bonds. The summed E-state index contributed by atoms with van der Waals surface area (Å²) in [4.78, 5) is 26.8. The Morgan fingerprint density at radius 1 is 1.11 bits per heavy atom. The van der Waals surface area contributed by atoms with Crippen molar-refractivity contribution in [1.82, 2.24) is 10.3 Å². The summed E-state index contributed by atoms with van der Waals surface area (Å²) < 4.78 is 11.4. The Bertz CT molecular complexity index is 1010. The van der Waals surface area contributed by atoms with Crippen molar-refractivity contribution in [3.63, 3.8) is 0 Å². The quantitative estimate of drug-likeness (QED) is 0.644. The van der Waals surface area contributed by atoms with Crippen molar-refractivity contribution < 1.29 is 24.2 Å². The number of nitrogens with one attached hydrogen (secondary N) is 2. The van der Waals surface area contributed by atoms with Gasteiger partial charge in [-0.3, -0.25) is 4.79 Å². The molecule has 1 aromatic heterocycles. The number of aromatic amines is 1. The van der Waals surface area contributed by atoms with Gasteiger partial charge in [0.05, 0.1) is 13.0 Å². The van der Waals surface area contributed by atoms with E-state index in [0.29, 0.717) is 29.2 Å². The summed E-state index contributed by atoms with van der Waals surface area (Å²) >= 11 is 0. The molecule has 27 heavy (non-hydrogen) atoms. The molecule has 138 valence electrons. The third kappa shape index (κ3) is 3.44. The number of aromatic carboxylic acids is 1. The Kier molecular flexibility index (Phi) is 4.42. The Hall–Kier alpha value is -3.48. The number of carbonyl (C=O) groups excluding carboxylic acids is 1. The number of carboxylic acids is 1. The molecule has 0 aliphatic carbocycles. The number of para-hydroxylation sites is 3. The van der Waals surface area contributed by atoms with Gasteiger partial charge in [0.1, 0.15) is 18.4 Å². The van der Waals surface area contributed by atoms with Crippen LogP contribution in [0.2, 0.25) is 0 Å². The summed E-state index contributed by atoms with van der Waals surface area (Å²) in [7, 11) is 0. The van der Waals surface area contributed by atoms with Crippen molar-refractivity contribution in [2.45, 2.75) is 12.5 Å². The van der Waals surface area contributed by atoms with Crippen LogP contribution in [0.4, 0.5) is 0 Å². The van der Waals surface area contributed by atoms with Crippen LogP contribution >= 0.6 is 0 Å². The SMILES string of the molecule is O=C(Cc1c(C(=O)O)[nH]c2ccccc12)NCC1COc2ccccc2O1. The van der Waals surface area contributed by atoms with Crippen molar-refractivity contribution in [2.24, 2.45) is 0 Å². The van der Waals surface area contributed by atoms with Crippen molar-refractivity contribution in [2.75, 3.05) is 13.2 Å². The van der Waals surface area contributed by atoms with Gasteiger partial charge >= 0.3 is 5.97 Å². The molecule has 0 saturated carbocycles. The average Bonchev–Trinajstić information content (AvgIpc) is 3.05. The molecule has 7 nitrogen and oxygen atoms in total. The standard InChI is InChI=1S/C20H18N2O5/c23-18(21-10-12-11-26-16-7-3-4-8-17(16)27-12)9-14-13-5-1-2-6-15(13)22-19(14)20(24)25/h1-8,12,22H,9-11H2,(H,21,23)(H,24,25). The van der Waals surface area contributed by atoms with E-state index >= 15 is 0 Å². The molecule has 0 saturated heterocycles. The molecule has 4 rings (SSSR count). The lowest BCUT2D eigenvalue weighted by Crippen LogP contribution is -2.41. The summed E-state index contributed by atoms with van der Waals surface area (Å²) in [5.74, 6) is -0.0305. The number of benzene rings is 2. The minimum absolute atomic E-state index is 0.0319. The number of hydrogen-bond acceptors (Lipinski definition) is 4. The highest BCUT2D eigenvalue weighted by molar-refractivity contribution is 5.99. The Morgan fingerprint density at radius 3 is 2.67 bits per heavy atom. The fraction of sp³-hybridized carbons (Fsp3) is 0.200. The van der Waals surface area contributed by atoms with E-state index < -0.39 is 5.97 Å². The first-order valence-electron chi connectivity index (χ1n) is 8.60. The van der Waals surface area contributed by atoms with E-state index in [-0.39, 0.29) is 30.7 Å². The van der Waals surface area contributed by atoms with Crippen LogP contribution in [0.1, 0.15) is 16.1 Å². The van der Waals surface area contributed by atoms with Crippen LogP contribution in [0.3, 0.4) is 0 Å². The van der Waals surface area contributed by atoms with Crippen molar-refractivity contribution in [1.29, 1.82) is 0 Å². The molecule has 1 atom stereocenters. The van der Waals surface area contributed by atoms with Gasteiger partial charge < -0.3 is 24.9 Å². The number of amides is 1. The lowest BCUT2D eigenvalue weighted by molar-refractivity contribution is -0.120. The monoisotopic (exact) mass is 366 g/mol. The fourth-order valence-corrected chi connectivity index (χ4v) is 3.18. The first kappa shape index (κ1) is 17.0. The molecule has 3 N–H and O–H groups in total. The number of carboxylic acid groups (broad SMARTS) is 1. The van der Waals surface area contributed by atoms with E-state index in [1.165, 1.54) is 0 Å². The highest BCUT2D eigenvalue weighted by Gasteiger charge is 2.23. The number of aromatic nitrogens is 1. The zero-order valence-corrected chi connectivity index (χ0v) is 14.4. The van der Waals surface area contributed by atoms with Crippen molar-refractivity contribution in [3.05, 3.63) is 59.8 Å². The Morgan fingerprint density at radius 2 is 1.85 bits per heavy atom. The predicted molar refractivity (Wildman–Crippen MR) is 98.3 cm³/mol. The Balaban J connectivity index is 1.43. The van der Waals surface area contributed by atoms with Gasteiger partial charge in [-0.05, 0) is 18.2 Å². The van der Waals surface area contributed by atoms with Crippen molar-refractivity contribution >= 4 is 22.8 Å². The zero-order valence-electron chi connectivity index (χ0n) is 14.4. The van der Waals surface area contributed by atoms with Crippen molar-refractivity contribution in [3.8, 4) is 11.5 Å². The summed E-state index contributed by atoms with van der Waals surface area (Å²) in [6.07, 6.45) is -0.332. The van der Waals surface area contributed by atoms with Crippen LogP contribution < -0.4 is 14.8 Å². The van der Waals surface area contributed by atoms with Gasteiger partial charge in [-0.2, -0.15) is 0 Å². The molecule has 0 bridgehead atoms. The van der Waals surface area contributed by atoms with Crippen LogP contribution in [-0.4, -0.2) is 41.2 Å². The molecule has 0 radical (unpaired) electrons. The number of rotatable bonds is 5. The lowest BCUT2D eigenvalue weighted by atomic mass is 10.1. The highest BCUT2D eigenvalue weighted by Crippen LogP contribution is 2.30. The van der Waals surface area contributed by atoms with Gasteiger partial charge in [-0.15, -0.1) is 0 Å². The minimum Gasteiger partial charge on any atom is -0.486 e. The summed E-state index contributed by atoms with van der Waals surface area (Å²) in [5.41, 5.74) is 1.21. The van der Waals surface area contributed by atoms with E-state index in [2.05, 4.69) is 10.3 Å². The molecule has 3 aromatic rings. The molecular formula is C20H18N2O5. The van der Waals surface area contributed by atoms with E-state index in [9.17, 15) is 14.7 Å². The van der Waals surface area contributed by atoms with Gasteiger partial charge in [0.25, 0.3) is 0 Å². The van der Waals surface area contributed by atoms with E-state index in [1.807, 2.05) is 36.4 Å². The van der Waals surface area contributed by atoms with Gasteiger partial charge in [0.2, 0.25) is 5.91 Å². The number of H-pyrrole nitrogens is 1. The van der Waals surface area contributed by atoms with Crippen LogP contribution in [0.5, 0.6) is 11.5 Å². The first-order valence-corrected chi connectivity index (χ1v) is 8.60. The van der Waals surface area contributed by atoms with Crippen LogP contribution in [0.25, 0.3) is 10.9 Å². The maximum Gasteiger partial charge on any atom is 0.352 e. The molecule has 0 spiro atoms. The average molecular weight is 366 g/mol. The van der Waals surface area contributed by atoms with E-state index in [1.54, 1.807) is 12.1 Å². The second kappa shape index (κ2) is 7.03. The Labute approximate surface area is 154 Å². The second-order valence-electron chi connectivity index (χ2n) is 6.31. The maximum absolute atomic E-state index is 12.4. The van der Waals surface area contributed by atoms with Crippen LogP contribution in [0.15, 0.2) is 48.5 Å². The fourth-order valence-electron chi connectivity index (χ4n) is 3.18. The van der Waals surface area contributed by atoms with Crippen LogP contribution in [-0.2, 0) is 11.2 Å². The zero-order chi connectivity index (χ0) is 18.8. The second-order valence-corrected chi connectivity index (χ2v) is 6.31. The smallest absolute Gasteiger partial charge is 0.352 e. The van der Waals surface area contributed by atoms with Gasteiger partial charge in [-0.1, -0.05) is 30.3 Å². The third-order valence-corrected chi connectivity index (χ3v) is 4.46. The highest BCUT2D eigenvalue weighted by atomic mass is 16.6. The normalized spacial score (nSPS) is 15.5. The number of hydrogen-bond donors (Lipinski definition) is 3. The molecule has 0 fully saturated rings. The molecule has 1 aliphatic rings. The summed E-state index contributed by atoms with van der Waals surface area (Å²) in [6.45, 7) is 0.614. The molecular weight excluding hydrogens is 348 g/mol. The van der Waals surface area contributed by atoms with Crippen LogP contribution in [0, 0.1) is 0 Å². The molecule has 7 heteroatoms. The number of ether oxygens (including phenoxy) is 2. The number of fused-ring (bicyclic) bond motifs is 2. The molecule has 1 aliphatic heterocycles. The predicted octanol–water partition coefficient (Wildman–Crippen LogP) is 2.36. The van der Waals surface area contributed by atoms with Gasteiger partial charge in [0, 0.05) is 16.5 Å². The minimum atomic E-state index is -1.09. The topological polar surface area (TPSA) is 101 Å². The summed E-state index contributed by atoms with van der Waals surface area (Å²) in [6, 6.07) is 14.6. The van der Waals surface area contributed by atoms with E-state index in [4.69, 9.17) is 9.47 Å². The largest absolute Gasteiger partial charge is 0.486 e. The first-order chi connectivity index (χ1) is 13.1. The van der Waals surface area contributed by atoms with Gasteiger partial charge in [-0.25, -0.2) is 4.79 Å². The molecule has 2 heterocycles. The maximum atomic E-state index is 12.4.